The number of nitrogens with zero attached hydrogens (tertiary/aromatic N) is 14. The maximum atomic E-state index is 6.76. The topological polar surface area (TPSA) is 90.5 Å². The van der Waals surface area contributed by atoms with Crippen LogP contribution in [0.25, 0.3) is 68.2 Å². The van der Waals surface area contributed by atoms with Crippen LogP contribution in [0.2, 0.25) is 0 Å². The van der Waals surface area contributed by atoms with E-state index in [2.05, 4.69) is 416 Å². The molecule has 0 fully saturated rings. The van der Waals surface area contributed by atoms with Crippen LogP contribution in [-0.4, -0.2) is 198 Å². The van der Waals surface area contributed by atoms with Crippen molar-refractivity contribution in [3.8, 4) is 0 Å². The van der Waals surface area contributed by atoms with Crippen molar-refractivity contribution in [3.05, 3.63) is 259 Å². The minimum atomic E-state index is 0.816. The number of anilines is 8. The van der Waals surface area contributed by atoms with Crippen LogP contribution in [0.1, 0.15) is 103 Å². The molecule has 0 N–H and O–H groups in total. The van der Waals surface area contributed by atoms with Gasteiger partial charge in [-0.15, -0.1) is 0 Å². The molecule has 0 radical (unpaired) electrons. The van der Waals surface area contributed by atoms with E-state index in [1.54, 1.807) is 0 Å². The zero-order valence-corrected chi connectivity index (χ0v) is 83.7. The van der Waals surface area contributed by atoms with Gasteiger partial charge < -0.3 is 65.8 Å². The van der Waals surface area contributed by atoms with Crippen molar-refractivity contribution >= 4 is 161 Å². The number of thioether (sulfide) groups is 4. The summed E-state index contributed by atoms with van der Waals surface area (Å²) < 4.78 is 38.1. The number of fused-ring (bicyclic) bond motifs is 8. The van der Waals surface area contributed by atoms with Crippen molar-refractivity contribution in [2.45, 2.75) is 101 Å². The monoisotopic (exact) mass is 1820 g/mol. The Labute approximate surface area is 787 Å². The molecule has 4 aromatic heterocycles. The van der Waals surface area contributed by atoms with Gasteiger partial charge in [0.05, 0.1) is 141 Å². The molecule has 8 heterocycles. The van der Waals surface area contributed by atoms with Crippen molar-refractivity contribution in [1.29, 1.82) is 0 Å². The number of para-hydroxylation sites is 4. The summed E-state index contributed by atoms with van der Waals surface area (Å²) in [4.78, 5) is 23.8. The van der Waals surface area contributed by atoms with Crippen LogP contribution in [0.5, 0.6) is 0 Å². The standard InChI is InChI=1S/C59H80N8O2S2.C49H56N6O2S2/c1-13-64(14-2)46-28-29-48-45(41-59-63(8)51-25-18-20-27-55(51)71-59)39-57(69-52(48)42-46)61(6)33-22-35-67(11,12)37-23-36-66(9,10)34-21-32-60(5)56-31-30-49-44(38-47(43-53(49)68-56)65(15-3)16-4)40-58-62(7)50-24-17-19-26-54(50)70-58;1-9-54(10-2)36-22-23-38-35(31-49-53(8)41-19-14-16-21-45(41)59-49)29-47(57-42(38)32-36)51(6)27-17-26-50(5)46-25-24-39-34(28-37(33-43(39)56-46)55(11-3)12-4)30-48-52(7)40-18-13-15-20-44(40)58-48/h17-20,24-31,38-43H,13-16,21-23,32-37H2,1-12H3;13-16,18-25,28-33H,9-12,17,26-27H2,1-8H3/q+4;+2. The van der Waals surface area contributed by atoms with E-state index in [1.807, 2.05) is 47.0 Å². The van der Waals surface area contributed by atoms with Gasteiger partial charge in [-0.3, -0.25) is 0 Å². The van der Waals surface area contributed by atoms with Gasteiger partial charge in [-0.1, -0.05) is 95.6 Å². The normalized spacial score (nSPS) is 15.9. The minimum Gasteiger partial charge on any atom is -0.405 e. The number of benzene rings is 8. The van der Waals surface area contributed by atoms with Crippen LogP contribution < -0.4 is 79.7 Å². The Morgan fingerprint density at radius 1 is 0.285 bits per heavy atom. The van der Waals surface area contributed by atoms with Crippen LogP contribution in [0, 0.1) is 0 Å². The highest BCUT2D eigenvalue weighted by molar-refractivity contribution is 8.04. The Bertz CT molecular complexity index is 6590. The van der Waals surface area contributed by atoms with Gasteiger partial charge in [0, 0.05) is 175 Å². The van der Waals surface area contributed by atoms with Crippen molar-refractivity contribution in [1.82, 2.24) is 18.3 Å². The summed E-state index contributed by atoms with van der Waals surface area (Å²) in [6, 6.07) is 70.1. The Morgan fingerprint density at radius 2 is 0.531 bits per heavy atom. The molecule has 4 aliphatic rings. The van der Waals surface area contributed by atoms with Crippen LogP contribution in [-0.2, 0) is 0 Å². The quantitative estimate of drug-likeness (QED) is 0.0296. The second kappa shape index (κ2) is 41.8. The second-order valence-electron chi connectivity index (χ2n) is 35.9. The highest BCUT2D eigenvalue weighted by atomic mass is 32.2. The van der Waals surface area contributed by atoms with Crippen LogP contribution in [0.3, 0.4) is 0 Å². The van der Waals surface area contributed by atoms with Crippen molar-refractivity contribution < 1.29 is 26.6 Å². The summed E-state index contributed by atoms with van der Waals surface area (Å²) in [5.41, 5.74) is 21.5. The third-order valence-corrected chi connectivity index (χ3v) is 31.0. The third kappa shape index (κ3) is 21.2. The fraction of sp³-hybridized carbons (Fsp3) is 0.370. The molecule has 22 heteroatoms. The van der Waals surface area contributed by atoms with Gasteiger partial charge in [-0.05, 0) is 199 Å². The van der Waals surface area contributed by atoms with Crippen molar-refractivity contribution in [2.75, 3.05) is 228 Å². The predicted octanol–water partition coefficient (Wildman–Crippen LogP) is 20.6. The Kier molecular flexibility index (Phi) is 30.2. The zero-order chi connectivity index (χ0) is 91.7. The lowest BCUT2D eigenvalue weighted by Crippen LogP contribution is -2.47. The molecular weight excluding hydrogens is 1690 g/mol. The molecule has 4 aliphatic heterocycles. The lowest BCUT2D eigenvalue weighted by molar-refractivity contribution is -0.909. The lowest BCUT2D eigenvalue weighted by Gasteiger charge is -2.33. The molecule has 16 rings (SSSR count). The lowest BCUT2D eigenvalue weighted by atomic mass is 10.1. The van der Waals surface area contributed by atoms with Gasteiger partial charge in [-0.25, -0.2) is 18.3 Å². The van der Waals surface area contributed by atoms with Crippen LogP contribution >= 0.6 is 47.0 Å². The Hall–Kier alpha value is -10.7. The highest BCUT2D eigenvalue weighted by Gasteiger charge is 2.30. The first-order valence-electron chi connectivity index (χ1n) is 46.8. The van der Waals surface area contributed by atoms with Crippen molar-refractivity contribution in [3.63, 3.8) is 0 Å². The molecule has 0 saturated carbocycles. The zero-order valence-electron chi connectivity index (χ0n) is 80.5. The van der Waals surface area contributed by atoms with Gasteiger partial charge in [0.1, 0.15) is 50.5 Å². The first kappa shape index (κ1) is 93.9. The first-order valence-corrected chi connectivity index (χ1v) is 50.1. The molecule has 0 aliphatic carbocycles. The summed E-state index contributed by atoms with van der Waals surface area (Å²) in [7, 11) is 26.8. The van der Waals surface area contributed by atoms with Gasteiger partial charge in [-0.2, -0.15) is 0 Å². The van der Waals surface area contributed by atoms with Gasteiger partial charge in [0.15, 0.2) is 26.2 Å². The molecule has 0 saturated heterocycles. The van der Waals surface area contributed by atoms with Gasteiger partial charge >= 0.3 is 22.2 Å². The maximum Gasteiger partial charge on any atom is 0.368 e. The minimum absolute atomic E-state index is 0.816. The first-order chi connectivity index (χ1) is 62.8. The molecule has 0 atom stereocenters. The fourth-order valence-electron chi connectivity index (χ4n) is 18.3. The highest BCUT2D eigenvalue weighted by Crippen LogP contribution is 2.50. The Morgan fingerprint density at radius 3 is 0.831 bits per heavy atom. The summed E-state index contributed by atoms with van der Waals surface area (Å²) >= 11 is 7.29. The molecule has 12 aromatic rings. The van der Waals surface area contributed by atoms with E-state index in [9.17, 15) is 0 Å². The molecule has 18 nitrogen and oxygen atoms in total. The van der Waals surface area contributed by atoms with E-state index in [1.165, 1.54) is 103 Å². The molecule has 680 valence electrons. The summed E-state index contributed by atoms with van der Waals surface area (Å²) in [5, 5.41) is 9.32. The van der Waals surface area contributed by atoms with Crippen LogP contribution in [0.15, 0.2) is 251 Å². The third-order valence-electron chi connectivity index (χ3n) is 26.3. The molecular formula is C108H136N14O4S4+6. The van der Waals surface area contributed by atoms with E-state index < -0.39 is 0 Å². The molecule has 0 bridgehead atoms. The van der Waals surface area contributed by atoms with E-state index in [4.69, 9.17) is 17.7 Å². The van der Waals surface area contributed by atoms with E-state index in [-0.39, 0.29) is 0 Å². The largest absolute Gasteiger partial charge is 0.405 e. The SMILES string of the molecule is CCN(CC)c1cc(/C=C2\Sc3ccccc3N2C)c2ccc(=[N+](C)CCC[N+](C)(C)CCC[N+](C)(C)CCC[N+](C)=c3cc(/C=C4\Sc5ccccc5N4C)c4ccc(N(CC)CC)cc4o3)oc2c1.CCN(CC)c1cc(/C=C2\Sc3ccccc3N2C)c2ccc(=[N+](C)CCC[N+](C)=c3cc(/C=C4\Sc5ccccc5N4C)c4ccc(N(CC)CC)cc4o3)oc2c1. The average Bonchev–Trinajstić information content (AvgIpc) is 1.41. The number of hydrogen-bond donors (Lipinski definition) is 0. The fourth-order valence-corrected chi connectivity index (χ4v) is 22.7. The summed E-state index contributed by atoms with van der Waals surface area (Å²) in [5.74, 6) is 0. The van der Waals surface area contributed by atoms with E-state index in [0.717, 1.165) is 210 Å². The summed E-state index contributed by atoms with van der Waals surface area (Å²) in [6.07, 6.45) is 13.5. The van der Waals surface area contributed by atoms with Gasteiger partial charge in [0.25, 0.3) is 0 Å². The Balaban J connectivity index is 0.000000203. The second-order valence-corrected chi connectivity index (χ2v) is 40.1. The van der Waals surface area contributed by atoms with E-state index >= 15 is 0 Å². The van der Waals surface area contributed by atoms with Gasteiger partial charge in [0.2, 0.25) is 0 Å². The molecule has 0 spiro atoms. The number of rotatable bonds is 32. The smallest absolute Gasteiger partial charge is 0.368 e. The molecule has 0 amide bonds. The van der Waals surface area contributed by atoms with Crippen molar-refractivity contribution in [2.24, 2.45) is 0 Å². The number of quaternary nitrogens is 2. The predicted molar refractivity (Wildman–Crippen MR) is 560 cm³/mol. The average molecular weight is 1820 g/mol. The molecule has 130 heavy (non-hydrogen) atoms. The molecule has 8 aromatic carbocycles. The van der Waals surface area contributed by atoms with E-state index in [0.29, 0.717) is 0 Å². The number of hydrogen-bond acceptors (Lipinski definition) is 16. The summed E-state index contributed by atoms with van der Waals surface area (Å²) in [6.45, 7) is 33.2. The molecule has 0 unspecified atom stereocenters. The van der Waals surface area contributed by atoms with Crippen LogP contribution in [0.4, 0.5) is 45.5 Å². The maximum absolute atomic E-state index is 6.76.